The van der Waals surface area contributed by atoms with Crippen LogP contribution in [0.1, 0.15) is 6.92 Å². The van der Waals surface area contributed by atoms with Gasteiger partial charge in [-0.2, -0.15) is 20.2 Å². The number of aromatic nitrogens is 8. The Hall–Kier alpha value is -7.01. The van der Waals surface area contributed by atoms with Crippen molar-refractivity contribution in [3.63, 3.8) is 0 Å². The normalized spacial score (nSPS) is 10.5. The van der Waals surface area contributed by atoms with E-state index in [4.69, 9.17) is 28.3 Å². The number of fused-ring (bicyclic) bond motifs is 2. The van der Waals surface area contributed by atoms with Crippen molar-refractivity contribution >= 4 is 85.3 Å². The lowest BCUT2D eigenvalue weighted by Crippen LogP contribution is -2.05. The van der Waals surface area contributed by atoms with E-state index in [2.05, 4.69) is 46.1 Å². The molecule has 0 bridgehead atoms. The molecule has 0 saturated carbocycles. The number of hydrogen-bond donors (Lipinski definition) is 4. The van der Waals surface area contributed by atoms with Crippen molar-refractivity contribution < 1.29 is 14.8 Å². The molecule has 0 aliphatic heterocycles. The lowest BCUT2D eigenvalue weighted by Gasteiger charge is -2.06. The number of halogens is 2. The van der Waals surface area contributed by atoms with E-state index in [0.29, 0.717) is 44.8 Å². The molecule has 0 aliphatic rings. The molecule has 8 rings (SSSR count). The number of amides is 1. The zero-order chi connectivity index (χ0) is 38.9. The number of rotatable bonds is 8. The van der Waals surface area contributed by atoms with Gasteiger partial charge in [-0.15, -0.1) is 0 Å². The van der Waals surface area contributed by atoms with Gasteiger partial charge in [0.25, 0.3) is 17.6 Å². The van der Waals surface area contributed by atoms with Crippen LogP contribution >= 0.6 is 23.2 Å². The van der Waals surface area contributed by atoms with Gasteiger partial charge in [0.1, 0.15) is 11.6 Å². The highest BCUT2D eigenvalue weighted by atomic mass is 35.5. The summed E-state index contributed by atoms with van der Waals surface area (Å²) in [5, 5.41) is 38.8. The smallest absolute Gasteiger partial charge is 0.271 e. The molecule has 4 aromatic heterocycles. The molecule has 0 unspecified atom stereocenters. The van der Waals surface area contributed by atoms with Gasteiger partial charge in [-0.25, -0.2) is 19.3 Å². The summed E-state index contributed by atoms with van der Waals surface area (Å²) >= 11 is 11.8. The molecule has 1 amide bonds. The summed E-state index contributed by atoms with van der Waals surface area (Å²) in [6, 6.07) is 28.1. The first-order valence-electron chi connectivity index (χ1n) is 16.2. The summed E-state index contributed by atoms with van der Waals surface area (Å²) in [7, 11) is 1.00. The van der Waals surface area contributed by atoms with Crippen molar-refractivity contribution in [1.29, 1.82) is 0 Å². The number of aliphatic hydroxyl groups excluding tert-OH is 1. The number of non-ortho nitro benzene ring substituents is 1. The van der Waals surface area contributed by atoms with Crippen LogP contribution < -0.4 is 16.0 Å². The Morgan fingerprint density at radius 1 is 0.673 bits per heavy atom. The van der Waals surface area contributed by atoms with Crippen LogP contribution in [0.2, 0.25) is 10.0 Å². The minimum atomic E-state index is -0.453. The van der Waals surface area contributed by atoms with E-state index in [9.17, 15) is 14.9 Å². The highest BCUT2D eigenvalue weighted by Crippen LogP contribution is 2.23. The molecule has 0 fully saturated rings. The van der Waals surface area contributed by atoms with E-state index in [1.807, 2.05) is 48.7 Å². The molecule has 8 aromatic rings. The van der Waals surface area contributed by atoms with Crippen LogP contribution in [0, 0.1) is 10.1 Å². The second kappa shape index (κ2) is 17.2. The van der Waals surface area contributed by atoms with Gasteiger partial charge in [-0.3, -0.25) is 14.9 Å². The molecule has 4 heterocycles. The van der Waals surface area contributed by atoms with Gasteiger partial charge < -0.3 is 21.1 Å². The zero-order valence-corrected chi connectivity index (χ0v) is 30.5. The van der Waals surface area contributed by atoms with Crippen LogP contribution in [0.25, 0.3) is 33.7 Å². The van der Waals surface area contributed by atoms with Crippen molar-refractivity contribution in [3.05, 3.63) is 142 Å². The predicted octanol–water partition coefficient (Wildman–Crippen LogP) is 7.90. The van der Waals surface area contributed by atoms with E-state index in [1.54, 1.807) is 65.7 Å². The molecule has 4 N–H and O–H groups in total. The number of nitrogens with one attached hydrogen (secondary N) is 3. The van der Waals surface area contributed by atoms with Gasteiger partial charge in [-0.1, -0.05) is 23.2 Å². The van der Waals surface area contributed by atoms with Gasteiger partial charge in [0.2, 0.25) is 5.91 Å². The number of benzene rings is 4. The maximum atomic E-state index is 11.2. The maximum Gasteiger partial charge on any atom is 0.271 e. The third-order valence-electron chi connectivity index (χ3n) is 7.46. The number of hydrogen-bond acceptors (Lipinski definition) is 12. The first-order valence-corrected chi connectivity index (χ1v) is 17.0. The summed E-state index contributed by atoms with van der Waals surface area (Å²) < 4.78 is 3.09. The SMILES string of the molecule is CC(=O)Nc1ccc2cn(-c3nccc(Nc4ccc(Cl)cc4)n3)nc2c1.CO.O=[N+]([O-])c1ccc2cn(-c3nccc(Nc4ccc(Cl)cc4)n3)nc2c1. The molecule has 18 heteroatoms. The van der Waals surface area contributed by atoms with Crippen molar-refractivity contribution in [2.45, 2.75) is 6.92 Å². The maximum absolute atomic E-state index is 11.2. The summed E-state index contributed by atoms with van der Waals surface area (Å²) in [6.45, 7) is 1.47. The molecule has 0 spiro atoms. The number of aliphatic hydroxyl groups is 1. The molecule has 0 aliphatic carbocycles. The number of anilines is 5. The fourth-order valence-electron chi connectivity index (χ4n) is 5.04. The summed E-state index contributed by atoms with van der Waals surface area (Å²) in [5.74, 6) is 1.89. The minimum absolute atomic E-state index is 0.0122. The quantitative estimate of drug-likeness (QED) is 0.0859. The zero-order valence-electron chi connectivity index (χ0n) is 29.0. The number of carbonyl (C=O) groups excluding carboxylic acids is 1. The van der Waals surface area contributed by atoms with Crippen LogP contribution in [0.3, 0.4) is 0 Å². The number of nitro benzene ring substituents is 1. The van der Waals surface area contributed by atoms with Crippen molar-refractivity contribution in [2.75, 3.05) is 23.1 Å². The number of carbonyl (C=O) groups is 1. The summed E-state index contributed by atoms with van der Waals surface area (Å²) in [4.78, 5) is 39.1. The van der Waals surface area contributed by atoms with Crippen LogP contribution in [-0.4, -0.2) is 62.5 Å². The summed E-state index contributed by atoms with van der Waals surface area (Å²) in [5.41, 5.74) is 3.62. The minimum Gasteiger partial charge on any atom is -0.400 e. The molecule has 0 atom stereocenters. The van der Waals surface area contributed by atoms with Gasteiger partial charge in [0, 0.05) is 88.8 Å². The number of nitrogens with zero attached hydrogens (tertiary/aromatic N) is 9. The molecule has 0 saturated heterocycles. The van der Waals surface area contributed by atoms with E-state index in [0.717, 1.165) is 34.8 Å². The predicted molar refractivity (Wildman–Crippen MR) is 212 cm³/mol. The van der Waals surface area contributed by atoms with E-state index < -0.39 is 4.92 Å². The topological polar surface area (TPSA) is 204 Å². The van der Waals surface area contributed by atoms with E-state index in [1.165, 1.54) is 23.7 Å². The van der Waals surface area contributed by atoms with Crippen LogP contribution in [-0.2, 0) is 4.79 Å². The molecule has 4 aromatic carbocycles. The Morgan fingerprint density at radius 3 is 1.60 bits per heavy atom. The third kappa shape index (κ3) is 9.71. The van der Waals surface area contributed by atoms with E-state index in [-0.39, 0.29) is 11.6 Å². The molecule has 55 heavy (non-hydrogen) atoms. The van der Waals surface area contributed by atoms with Gasteiger partial charge in [0.05, 0.1) is 16.0 Å². The first-order chi connectivity index (χ1) is 26.6. The Balaban J connectivity index is 0.000000179. The molecule has 16 nitrogen and oxygen atoms in total. The largest absolute Gasteiger partial charge is 0.400 e. The van der Waals surface area contributed by atoms with Gasteiger partial charge in [-0.05, 0) is 84.9 Å². The Labute approximate surface area is 322 Å². The lowest BCUT2D eigenvalue weighted by atomic mass is 10.2. The Kier molecular flexibility index (Phi) is 11.8. The first kappa shape index (κ1) is 37.7. The average Bonchev–Trinajstić information content (AvgIpc) is 3.82. The number of nitro groups is 1. The second-order valence-corrected chi connectivity index (χ2v) is 12.2. The fraction of sp³-hybridized carbons (Fsp3) is 0.0541. The Bertz CT molecular complexity index is 2600. The third-order valence-corrected chi connectivity index (χ3v) is 7.96. The lowest BCUT2D eigenvalue weighted by molar-refractivity contribution is -0.384. The molecule has 0 radical (unpaired) electrons. The Morgan fingerprint density at radius 2 is 1.13 bits per heavy atom. The van der Waals surface area contributed by atoms with Crippen molar-refractivity contribution in [3.8, 4) is 11.9 Å². The molecule has 276 valence electrons. The summed E-state index contributed by atoms with van der Waals surface area (Å²) in [6.07, 6.45) is 6.83. The monoisotopic (exact) mass is 776 g/mol. The molecular formula is C37H30Cl2N12O4. The van der Waals surface area contributed by atoms with Crippen LogP contribution in [0.5, 0.6) is 0 Å². The van der Waals surface area contributed by atoms with Gasteiger partial charge in [0.15, 0.2) is 0 Å². The van der Waals surface area contributed by atoms with Gasteiger partial charge >= 0.3 is 0 Å². The highest BCUT2D eigenvalue weighted by Gasteiger charge is 2.12. The highest BCUT2D eigenvalue weighted by molar-refractivity contribution is 6.30. The standard InChI is InChI=1S/C19H15ClN6O.C17H11ClN6O2.CH4O/c1-12(27)22-16-5-2-13-11-26(25-17(13)10-16)19-21-9-8-18(24-19)23-15-6-3-14(20)4-7-15;18-12-2-4-13(5-3-12)20-16-7-8-19-17(21-16)23-10-11-1-6-14(24(25)26)9-15(11)22-23;1-2/h2-11H,1H3,(H,22,27)(H,21,23,24);1-10H,(H,19,20,21);2H,1H3. The molecular weight excluding hydrogens is 747 g/mol. The van der Waals surface area contributed by atoms with Crippen molar-refractivity contribution in [1.82, 2.24) is 39.5 Å². The second-order valence-electron chi connectivity index (χ2n) is 11.3. The van der Waals surface area contributed by atoms with E-state index >= 15 is 0 Å². The fourth-order valence-corrected chi connectivity index (χ4v) is 5.29. The van der Waals surface area contributed by atoms with Crippen LogP contribution in [0.15, 0.2) is 122 Å². The van der Waals surface area contributed by atoms with Crippen molar-refractivity contribution in [2.24, 2.45) is 0 Å². The average molecular weight is 778 g/mol. The van der Waals surface area contributed by atoms with Crippen LogP contribution in [0.4, 0.5) is 34.4 Å².